The van der Waals surface area contributed by atoms with E-state index in [1.165, 1.54) is 32.1 Å². The summed E-state index contributed by atoms with van der Waals surface area (Å²) >= 11 is 0. The van der Waals surface area contributed by atoms with E-state index in [-0.39, 0.29) is 0 Å². The topological polar surface area (TPSA) is 20.3 Å². The third-order valence-corrected chi connectivity index (χ3v) is 3.95. The average molecular weight is 195 g/mol. The Bertz CT molecular complexity index is 208. The number of Topliss-reactive ketones (excluding diaryl/α,β-unsaturated/α-hetero) is 1. The van der Waals surface area contributed by atoms with Crippen LogP contribution in [0.4, 0.5) is 0 Å². The molecule has 0 saturated heterocycles. The molecule has 2 saturated carbocycles. The fraction of sp³-hybridized carbons (Fsp3) is 0.917. The van der Waals surface area contributed by atoms with Gasteiger partial charge in [0.1, 0.15) is 5.78 Å². The van der Waals surface area contributed by atoms with Crippen molar-refractivity contribution in [3.8, 4) is 0 Å². The Morgan fingerprint density at radius 1 is 1.07 bits per heavy atom. The molecule has 2 fully saturated rings. The Morgan fingerprint density at radius 2 is 1.79 bits per heavy atom. The summed E-state index contributed by atoms with van der Waals surface area (Å²) < 4.78 is 0. The molecule has 0 radical (unpaired) electrons. The summed E-state index contributed by atoms with van der Waals surface area (Å²) in [6.45, 7) is 0. The molecule has 1 atom stereocenters. The first-order chi connectivity index (χ1) is 6.77. The predicted molar refractivity (Wildman–Crippen MR) is 57.3 cm³/mol. The lowest BCUT2D eigenvalue weighted by molar-refractivity contribution is -0.117. The zero-order valence-corrected chi connectivity index (χ0v) is 9.17. The molecular formula is C12H21NO. The Labute approximate surface area is 86.7 Å². The van der Waals surface area contributed by atoms with E-state index in [1.54, 1.807) is 0 Å². The van der Waals surface area contributed by atoms with Crippen LogP contribution >= 0.6 is 0 Å². The van der Waals surface area contributed by atoms with Crippen molar-refractivity contribution in [2.75, 3.05) is 7.05 Å². The molecule has 2 nitrogen and oxygen atoms in total. The fourth-order valence-corrected chi connectivity index (χ4v) is 2.93. The van der Waals surface area contributed by atoms with Crippen molar-refractivity contribution in [3.63, 3.8) is 0 Å². The highest BCUT2D eigenvalue weighted by molar-refractivity contribution is 5.81. The number of hydrogen-bond donors (Lipinski definition) is 0. The third kappa shape index (κ3) is 2.17. The van der Waals surface area contributed by atoms with Crippen LogP contribution in [-0.4, -0.2) is 29.8 Å². The van der Waals surface area contributed by atoms with Gasteiger partial charge in [0.2, 0.25) is 0 Å². The van der Waals surface area contributed by atoms with Gasteiger partial charge in [-0.1, -0.05) is 19.3 Å². The Balaban J connectivity index is 1.86. The molecule has 2 heteroatoms. The van der Waals surface area contributed by atoms with Gasteiger partial charge in [0.25, 0.3) is 0 Å². The summed E-state index contributed by atoms with van der Waals surface area (Å²) in [5.41, 5.74) is 0. The molecular weight excluding hydrogens is 174 g/mol. The average Bonchev–Trinajstić information content (AvgIpc) is 2.65. The lowest BCUT2D eigenvalue weighted by Crippen LogP contribution is -2.40. The first kappa shape index (κ1) is 10.2. The van der Waals surface area contributed by atoms with Gasteiger partial charge in [-0.05, 0) is 26.3 Å². The van der Waals surface area contributed by atoms with E-state index in [4.69, 9.17) is 0 Å². The molecule has 2 aliphatic carbocycles. The number of nitrogens with zero attached hydrogens (tertiary/aromatic N) is 1. The van der Waals surface area contributed by atoms with Crippen molar-refractivity contribution in [2.24, 2.45) is 0 Å². The van der Waals surface area contributed by atoms with Crippen molar-refractivity contribution in [1.29, 1.82) is 0 Å². The first-order valence-electron chi connectivity index (χ1n) is 6.01. The van der Waals surface area contributed by atoms with Crippen molar-refractivity contribution in [2.45, 2.75) is 63.5 Å². The van der Waals surface area contributed by atoms with Gasteiger partial charge >= 0.3 is 0 Å². The molecule has 0 bridgehead atoms. The largest absolute Gasteiger partial charge is 0.300 e. The second kappa shape index (κ2) is 4.43. The molecule has 0 amide bonds. The minimum absolute atomic E-state index is 0.470. The molecule has 0 N–H and O–H groups in total. The molecule has 0 aromatic heterocycles. The van der Waals surface area contributed by atoms with Crippen LogP contribution < -0.4 is 0 Å². The van der Waals surface area contributed by atoms with Crippen LogP contribution in [0.3, 0.4) is 0 Å². The van der Waals surface area contributed by atoms with Crippen LogP contribution in [0, 0.1) is 0 Å². The Hall–Kier alpha value is -0.370. The summed E-state index contributed by atoms with van der Waals surface area (Å²) in [7, 11) is 2.22. The van der Waals surface area contributed by atoms with Gasteiger partial charge in [-0.2, -0.15) is 0 Å². The molecule has 0 spiro atoms. The number of carbonyl (C=O) groups is 1. The maximum absolute atomic E-state index is 11.2. The van der Waals surface area contributed by atoms with Gasteiger partial charge in [0.15, 0.2) is 0 Å². The Kier molecular flexibility index (Phi) is 3.22. The van der Waals surface area contributed by atoms with Gasteiger partial charge in [-0.3, -0.25) is 4.79 Å². The maximum atomic E-state index is 11.2. The second-order valence-corrected chi connectivity index (χ2v) is 4.89. The molecule has 1 unspecified atom stereocenters. The molecule has 0 aliphatic heterocycles. The van der Waals surface area contributed by atoms with E-state index in [0.29, 0.717) is 11.8 Å². The van der Waals surface area contributed by atoms with Crippen LogP contribution in [0.1, 0.15) is 51.4 Å². The van der Waals surface area contributed by atoms with Gasteiger partial charge in [0, 0.05) is 24.9 Å². The third-order valence-electron chi connectivity index (χ3n) is 3.95. The summed E-state index contributed by atoms with van der Waals surface area (Å²) in [5, 5.41) is 0. The highest BCUT2D eigenvalue weighted by Crippen LogP contribution is 2.27. The highest BCUT2D eigenvalue weighted by atomic mass is 16.1. The van der Waals surface area contributed by atoms with E-state index in [2.05, 4.69) is 11.9 Å². The van der Waals surface area contributed by atoms with Crippen molar-refractivity contribution in [3.05, 3.63) is 0 Å². The molecule has 80 valence electrons. The summed E-state index contributed by atoms with van der Waals surface area (Å²) in [4.78, 5) is 13.7. The minimum atomic E-state index is 0.470. The number of rotatable bonds is 2. The molecule has 0 aromatic carbocycles. The van der Waals surface area contributed by atoms with Crippen LogP contribution in [0.5, 0.6) is 0 Å². The number of ketones is 1. The van der Waals surface area contributed by atoms with Crippen LogP contribution in [0.15, 0.2) is 0 Å². The predicted octanol–water partition coefficient (Wildman–Crippen LogP) is 2.37. The van der Waals surface area contributed by atoms with E-state index in [0.717, 1.165) is 25.3 Å². The maximum Gasteiger partial charge on any atom is 0.134 e. The van der Waals surface area contributed by atoms with Gasteiger partial charge in [-0.15, -0.1) is 0 Å². The van der Waals surface area contributed by atoms with E-state index < -0.39 is 0 Å². The second-order valence-electron chi connectivity index (χ2n) is 4.89. The number of hydrogen-bond acceptors (Lipinski definition) is 2. The summed E-state index contributed by atoms with van der Waals surface area (Å²) in [6.07, 6.45) is 9.61. The zero-order valence-electron chi connectivity index (χ0n) is 9.17. The van der Waals surface area contributed by atoms with E-state index in [9.17, 15) is 4.79 Å². The lowest BCUT2D eigenvalue weighted by atomic mass is 9.93. The zero-order chi connectivity index (χ0) is 9.97. The highest BCUT2D eigenvalue weighted by Gasteiger charge is 2.29. The molecule has 2 aliphatic rings. The smallest absolute Gasteiger partial charge is 0.134 e. The quantitative estimate of drug-likeness (QED) is 0.674. The minimum Gasteiger partial charge on any atom is -0.300 e. The van der Waals surface area contributed by atoms with Gasteiger partial charge in [0.05, 0.1) is 0 Å². The van der Waals surface area contributed by atoms with Crippen LogP contribution in [0.25, 0.3) is 0 Å². The van der Waals surface area contributed by atoms with Gasteiger partial charge in [-0.25, -0.2) is 0 Å². The van der Waals surface area contributed by atoms with E-state index in [1.807, 2.05) is 0 Å². The first-order valence-corrected chi connectivity index (χ1v) is 6.01. The summed E-state index contributed by atoms with van der Waals surface area (Å²) in [6, 6.07) is 1.32. The van der Waals surface area contributed by atoms with Crippen LogP contribution in [-0.2, 0) is 4.79 Å². The molecule has 0 aromatic rings. The lowest BCUT2D eigenvalue weighted by Gasteiger charge is -2.35. The molecule has 14 heavy (non-hydrogen) atoms. The van der Waals surface area contributed by atoms with Gasteiger partial charge < -0.3 is 4.90 Å². The standard InChI is InChI=1S/C12H21NO/c1-13(10-5-3-2-4-6-10)11-7-8-12(14)9-11/h10-11H,2-9H2,1H3. The normalized spacial score (nSPS) is 30.1. The molecule has 0 heterocycles. The monoisotopic (exact) mass is 195 g/mol. The fourth-order valence-electron chi connectivity index (χ4n) is 2.93. The van der Waals surface area contributed by atoms with Crippen LogP contribution in [0.2, 0.25) is 0 Å². The van der Waals surface area contributed by atoms with Crippen molar-refractivity contribution >= 4 is 5.78 Å². The van der Waals surface area contributed by atoms with E-state index >= 15 is 0 Å². The number of carbonyl (C=O) groups excluding carboxylic acids is 1. The molecule has 2 rings (SSSR count). The Morgan fingerprint density at radius 3 is 2.36 bits per heavy atom. The van der Waals surface area contributed by atoms with Crippen molar-refractivity contribution in [1.82, 2.24) is 4.90 Å². The SMILES string of the molecule is CN(C1CCCCC1)C1CCC(=O)C1. The van der Waals surface area contributed by atoms with Crippen molar-refractivity contribution < 1.29 is 4.79 Å². The summed E-state index contributed by atoms with van der Waals surface area (Å²) in [5.74, 6) is 0.470.